The Hall–Kier alpha value is -0.900. The molecule has 0 amide bonds. The molecular formula is C13H15NOS. The van der Waals surface area contributed by atoms with Gasteiger partial charge in [-0.25, -0.2) is 0 Å². The fraction of sp³-hybridized carbons (Fsp3) is 0.385. The largest absolute Gasteiger partial charge is 0.393 e. The Balaban J connectivity index is 2.12. The second kappa shape index (κ2) is 3.55. The van der Waals surface area contributed by atoms with Crippen LogP contribution in [0.1, 0.15) is 18.4 Å². The van der Waals surface area contributed by atoms with Crippen LogP contribution in [0, 0.1) is 0 Å². The normalized spacial score (nSPS) is 29.2. The summed E-state index contributed by atoms with van der Waals surface area (Å²) in [4.78, 5) is 0. The van der Waals surface area contributed by atoms with E-state index in [9.17, 15) is 5.11 Å². The number of aliphatic hydroxyl groups excluding tert-OH is 1. The zero-order chi connectivity index (χ0) is 11.2. The number of fused-ring (bicyclic) bond motifs is 1. The number of hydrogen-bond acceptors (Lipinski definition) is 3. The van der Waals surface area contributed by atoms with Gasteiger partial charge in [0.1, 0.15) is 0 Å². The van der Waals surface area contributed by atoms with E-state index in [1.807, 2.05) is 0 Å². The minimum atomic E-state index is -0.165. The predicted octanol–water partition coefficient (Wildman–Crippen LogP) is 2.25. The number of rotatable bonds is 2. The first kappa shape index (κ1) is 10.3. The summed E-state index contributed by atoms with van der Waals surface area (Å²) < 4.78 is 1.31. The van der Waals surface area contributed by atoms with E-state index in [2.05, 4.69) is 29.6 Å². The van der Waals surface area contributed by atoms with Crippen LogP contribution >= 0.6 is 11.3 Å². The van der Waals surface area contributed by atoms with Crippen LogP contribution in [-0.2, 0) is 5.41 Å². The highest BCUT2D eigenvalue weighted by atomic mass is 32.1. The van der Waals surface area contributed by atoms with Crippen LogP contribution in [0.3, 0.4) is 0 Å². The second-order valence-corrected chi connectivity index (χ2v) is 5.60. The topological polar surface area (TPSA) is 46.2 Å². The molecule has 0 aliphatic heterocycles. The van der Waals surface area contributed by atoms with E-state index in [0.717, 1.165) is 12.8 Å². The van der Waals surface area contributed by atoms with Gasteiger partial charge in [0.2, 0.25) is 0 Å². The van der Waals surface area contributed by atoms with Crippen molar-refractivity contribution in [3.8, 4) is 0 Å². The smallest absolute Gasteiger partial charge is 0.0558 e. The molecule has 1 aliphatic carbocycles. The van der Waals surface area contributed by atoms with E-state index >= 15 is 0 Å². The highest BCUT2D eigenvalue weighted by Crippen LogP contribution is 2.47. The Morgan fingerprint density at radius 1 is 1.38 bits per heavy atom. The van der Waals surface area contributed by atoms with Gasteiger partial charge in [-0.1, -0.05) is 18.2 Å². The molecule has 1 heterocycles. The molecule has 0 radical (unpaired) electrons. The highest BCUT2D eigenvalue weighted by molar-refractivity contribution is 7.17. The Morgan fingerprint density at radius 2 is 2.12 bits per heavy atom. The van der Waals surface area contributed by atoms with Crippen LogP contribution in [0.15, 0.2) is 29.6 Å². The summed E-state index contributed by atoms with van der Waals surface area (Å²) in [5, 5.41) is 13.1. The Labute approximate surface area is 98.7 Å². The minimum Gasteiger partial charge on any atom is -0.393 e. The molecular weight excluding hydrogens is 218 g/mol. The summed E-state index contributed by atoms with van der Waals surface area (Å²) in [5.74, 6) is 0. The summed E-state index contributed by atoms with van der Waals surface area (Å²) in [6, 6.07) is 8.43. The number of aliphatic hydroxyl groups is 1. The standard InChI is InChI=1S/C13H15NOS/c14-8-13(5-9(15)6-13)11-7-16-12-4-2-1-3-10(11)12/h1-4,7,9,15H,5-6,8,14H2. The number of benzene rings is 1. The van der Waals surface area contributed by atoms with Crippen LogP contribution < -0.4 is 5.73 Å². The molecule has 0 bridgehead atoms. The van der Waals surface area contributed by atoms with Gasteiger partial charge in [-0.3, -0.25) is 0 Å². The van der Waals surface area contributed by atoms with Crippen molar-refractivity contribution in [1.29, 1.82) is 0 Å². The van der Waals surface area contributed by atoms with Crippen LogP contribution in [0.5, 0.6) is 0 Å². The van der Waals surface area contributed by atoms with Gasteiger partial charge in [-0.15, -0.1) is 11.3 Å². The summed E-state index contributed by atoms with van der Waals surface area (Å²) in [7, 11) is 0. The summed E-state index contributed by atoms with van der Waals surface area (Å²) in [5.41, 5.74) is 7.27. The molecule has 1 fully saturated rings. The first-order valence-corrected chi connectivity index (χ1v) is 6.48. The molecule has 0 saturated heterocycles. The molecule has 1 aliphatic rings. The monoisotopic (exact) mass is 233 g/mol. The maximum absolute atomic E-state index is 9.53. The first-order chi connectivity index (χ1) is 7.75. The van der Waals surface area contributed by atoms with Gasteiger partial charge in [-0.05, 0) is 35.2 Å². The summed E-state index contributed by atoms with van der Waals surface area (Å²) >= 11 is 1.77. The molecule has 0 spiro atoms. The molecule has 16 heavy (non-hydrogen) atoms. The third kappa shape index (κ3) is 1.32. The van der Waals surface area contributed by atoms with E-state index < -0.39 is 0 Å². The average Bonchev–Trinajstić information content (AvgIpc) is 2.68. The Bertz CT molecular complexity index is 513. The van der Waals surface area contributed by atoms with Gasteiger partial charge in [0, 0.05) is 16.7 Å². The lowest BCUT2D eigenvalue weighted by Crippen LogP contribution is -2.49. The van der Waals surface area contributed by atoms with Gasteiger partial charge in [0.15, 0.2) is 0 Å². The second-order valence-electron chi connectivity index (χ2n) is 4.69. The molecule has 2 nitrogen and oxygen atoms in total. The molecule has 1 aromatic carbocycles. The molecule has 84 valence electrons. The maximum Gasteiger partial charge on any atom is 0.0558 e. The van der Waals surface area contributed by atoms with Gasteiger partial charge >= 0.3 is 0 Å². The van der Waals surface area contributed by atoms with Gasteiger partial charge in [-0.2, -0.15) is 0 Å². The zero-order valence-electron chi connectivity index (χ0n) is 9.02. The minimum absolute atomic E-state index is 0.0268. The number of nitrogens with two attached hydrogens (primary N) is 1. The van der Waals surface area contributed by atoms with Crippen molar-refractivity contribution in [1.82, 2.24) is 0 Å². The molecule has 3 N–H and O–H groups in total. The van der Waals surface area contributed by atoms with Gasteiger partial charge in [0.05, 0.1) is 6.10 Å². The number of thiophene rings is 1. The lowest BCUT2D eigenvalue weighted by Gasteiger charge is -2.45. The van der Waals surface area contributed by atoms with Crippen molar-refractivity contribution in [3.05, 3.63) is 35.2 Å². The SMILES string of the molecule is NCC1(c2csc3ccccc23)CC(O)C1. The van der Waals surface area contributed by atoms with Crippen molar-refractivity contribution in [2.24, 2.45) is 5.73 Å². The van der Waals surface area contributed by atoms with E-state index in [-0.39, 0.29) is 11.5 Å². The molecule has 0 unspecified atom stereocenters. The third-order valence-corrected chi connectivity index (χ3v) is 4.66. The third-order valence-electron chi connectivity index (χ3n) is 3.70. The van der Waals surface area contributed by atoms with Crippen molar-refractivity contribution in [2.75, 3.05) is 6.54 Å². The van der Waals surface area contributed by atoms with Crippen molar-refractivity contribution < 1.29 is 5.11 Å². The molecule has 3 heteroatoms. The van der Waals surface area contributed by atoms with Gasteiger partial charge in [0.25, 0.3) is 0 Å². The van der Waals surface area contributed by atoms with E-state index in [1.54, 1.807) is 11.3 Å². The van der Waals surface area contributed by atoms with E-state index in [0.29, 0.717) is 6.54 Å². The van der Waals surface area contributed by atoms with Crippen LogP contribution in [0.25, 0.3) is 10.1 Å². The lowest BCUT2D eigenvalue weighted by molar-refractivity contribution is 0.0230. The summed E-state index contributed by atoms with van der Waals surface area (Å²) in [6.07, 6.45) is 1.45. The van der Waals surface area contributed by atoms with Crippen molar-refractivity contribution >= 4 is 21.4 Å². The molecule has 2 aromatic rings. The average molecular weight is 233 g/mol. The molecule has 3 rings (SSSR count). The van der Waals surface area contributed by atoms with Gasteiger partial charge < -0.3 is 10.8 Å². The molecule has 1 aromatic heterocycles. The maximum atomic E-state index is 9.53. The number of hydrogen-bond donors (Lipinski definition) is 2. The van der Waals surface area contributed by atoms with Crippen LogP contribution in [-0.4, -0.2) is 17.8 Å². The predicted molar refractivity (Wildman–Crippen MR) is 67.8 cm³/mol. The molecule has 0 atom stereocenters. The fourth-order valence-electron chi connectivity index (χ4n) is 2.73. The quantitative estimate of drug-likeness (QED) is 0.835. The first-order valence-electron chi connectivity index (χ1n) is 5.60. The Kier molecular flexibility index (Phi) is 2.28. The summed E-state index contributed by atoms with van der Waals surface area (Å²) in [6.45, 7) is 0.630. The zero-order valence-corrected chi connectivity index (χ0v) is 9.83. The highest BCUT2D eigenvalue weighted by Gasteiger charge is 2.44. The fourth-order valence-corrected chi connectivity index (χ4v) is 3.81. The van der Waals surface area contributed by atoms with E-state index in [1.165, 1.54) is 15.6 Å². The van der Waals surface area contributed by atoms with E-state index in [4.69, 9.17) is 5.73 Å². The van der Waals surface area contributed by atoms with Crippen molar-refractivity contribution in [3.63, 3.8) is 0 Å². The Morgan fingerprint density at radius 3 is 2.81 bits per heavy atom. The lowest BCUT2D eigenvalue weighted by atomic mass is 9.63. The van der Waals surface area contributed by atoms with Crippen LogP contribution in [0.4, 0.5) is 0 Å². The van der Waals surface area contributed by atoms with Crippen LogP contribution in [0.2, 0.25) is 0 Å². The van der Waals surface area contributed by atoms with Crippen molar-refractivity contribution in [2.45, 2.75) is 24.4 Å². The molecule has 1 saturated carbocycles.